The van der Waals surface area contributed by atoms with Gasteiger partial charge < -0.3 is 20.7 Å². The number of nitrogens with one attached hydrogen (secondary N) is 3. The van der Waals surface area contributed by atoms with Crippen molar-refractivity contribution in [2.75, 3.05) is 31.7 Å². The zero-order chi connectivity index (χ0) is 25.8. The number of hydrogen-bond acceptors (Lipinski definition) is 6. The quantitative estimate of drug-likeness (QED) is 0.326. The van der Waals surface area contributed by atoms with Gasteiger partial charge in [-0.05, 0) is 56.4 Å². The van der Waals surface area contributed by atoms with Crippen molar-refractivity contribution >= 4 is 11.7 Å². The van der Waals surface area contributed by atoms with Gasteiger partial charge in [-0.25, -0.2) is 9.37 Å². The van der Waals surface area contributed by atoms with Crippen LogP contribution in [0.4, 0.5) is 10.2 Å². The number of rotatable bonds is 12. The van der Waals surface area contributed by atoms with Crippen molar-refractivity contribution in [2.24, 2.45) is 0 Å². The number of benzene rings is 2. The summed E-state index contributed by atoms with van der Waals surface area (Å²) < 4.78 is 19.8. The van der Waals surface area contributed by atoms with Crippen LogP contribution in [0.2, 0.25) is 0 Å². The summed E-state index contributed by atoms with van der Waals surface area (Å²) in [7, 11) is 0. The maximum absolute atomic E-state index is 13.6. The molecule has 0 aliphatic heterocycles. The highest BCUT2D eigenvalue weighted by Gasteiger charge is 2.47. The Morgan fingerprint density at radius 3 is 2.76 bits per heavy atom. The number of aryl methyl sites for hydroxylation is 1. The summed E-state index contributed by atoms with van der Waals surface area (Å²) in [4.78, 5) is 30.5. The minimum absolute atomic E-state index is 0.127. The van der Waals surface area contributed by atoms with Crippen LogP contribution in [0, 0.1) is 6.92 Å². The first-order valence-corrected chi connectivity index (χ1v) is 12.8. The lowest BCUT2D eigenvalue weighted by Gasteiger charge is -2.22. The highest BCUT2D eigenvalue weighted by molar-refractivity contribution is 5.95. The van der Waals surface area contributed by atoms with Gasteiger partial charge in [-0.3, -0.25) is 14.2 Å². The highest BCUT2D eigenvalue weighted by atomic mass is 19.1. The number of halogens is 1. The van der Waals surface area contributed by atoms with E-state index >= 15 is 0 Å². The Morgan fingerprint density at radius 1 is 1.19 bits per heavy atom. The van der Waals surface area contributed by atoms with Crippen molar-refractivity contribution in [1.29, 1.82) is 0 Å². The molecule has 0 atom stereocenters. The predicted octanol–water partition coefficient (Wildman–Crippen LogP) is 3.47. The molecule has 0 radical (unpaired) electrons. The van der Waals surface area contributed by atoms with Crippen molar-refractivity contribution in [1.82, 2.24) is 20.2 Å². The summed E-state index contributed by atoms with van der Waals surface area (Å²) in [5, 5.41) is 9.38. The Labute approximate surface area is 215 Å². The van der Waals surface area contributed by atoms with E-state index in [1.165, 1.54) is 4.57 Å². The highest BCUT2D eigenvalue weighted by Crippen LogP contribution is 2.50. The molecule has 2 fully saturated rings. The minimum Gasteiger partial charge on any atom is -0.492 e. The molecule has 9 heteroatoms. The van der Waals surface area contributed by atoms with Crippen LogP contribution in [0.3, 0.4) is 0 Å². The van der Waals surface area contributed by atoms with E-state index < -0.39 is 12.2 Å². The lowest BCUT2D eigenvalue weighted by atomic mass is 10.0. The maximum atomic E-state index is 13.6. The summed E-state index contributed by atoms with van der Waals surface area (Å²) in [6.45, 7) is 2.75. The predicted molar refractivity (Wildman–Crippen MR) is 140 cm³/mol. The van der Waals surface area contributed by atoms with Gasteiger partial charge in [0.25, 0.3) is 11.5 Å². The standard InChI is InChI=1S/C28H32FN5O3/c1-19-6-7-20(26(35)32-21-8-9-21)18-23(19)34-16-14-31-25(27(34)36)33-28(10-11-28)22-4-2-3-5-24(22)37-17-15-30-13-12-29/h2-7,14,16,18,21,30H,8-13,15,17H2,1H3,(H,31,33)(H,32,35). The number of para-hydroxylation sites is 1. The third kappa shape index (κ3) is 5.67. The number of aromatic nitrogens is 2. The summed E-state index contributed by atoms with van der Waals surface area (Å²) in [6, 6.07) is 13.4. The molecule has 2 aliphatic carbocycles. The maximum Gasteiger partial charge on any atom is 0.297 e. The Balaban J connectivity index is 1.38. The van der Waals surface area contributed by atoms with Crippen LogP contribution in [0.5, 0.6) is 5.75 Å². The first-order chi connectivity index (χ1) is 18.0. The van der Waals surface area contributed by atoms with Crippen molar-refractivity contribution < 1.29 is 13.9 Å². The number of amides is 1. The first kappa shape index (κ1) is 25.0. The molecule has 0 unspecified atom stereocenters. The van der Waals surface area contributed by atoms with Crippen molar-refractivity contribution in [3.8, 4) is 11.4 Å². The van der Waals surface area contributed by atoms with E-state index in [0.717, 1.165) is 42.6 Å². The molecular formula is C28H32FN5O3. The fraction of sp³-hybridized carbons (Fsp3) is 0.393. The molecule has 194 valence electrons. The number of nitrogens with zero attached hydrogens (tertiary/aromatic N) is 2. The second-order valence-corrected chi connectivity index (χ2v) is 9.69. The summed E-state index contributed by atoms with van der Waals surface area (Å²) in [5.41, 5.74) is 2.28. The van der Waals surface area contributed by atoms with Gasteiger partial charge in [0.15, 0.2) is 5.82 Å². The lowest BCUT2D eigenvalue weighted by molar-refractivity contribution is 0.0951. The molecule has 2 saturated carbocycles. The molecule has 0 saturated heterocycles. The molecule has 3 N–H and O–H groups in total. The fourth-order valence-corrected chi connectivity index (χ4v) is 4.42. The van der Waals surface area contributed by atoms with E-state index in [9.17, 15) is 14.0 Å². The van der Waals surface area contributed by atoms with Crippen LogP contribution in [0.15, 0.2) is 59.7 Å². The second kappa shape index (κ2) is 10.7. The number of ether oxygens (including phenoxy) is 1. The third-order valence-electron chi connectivity index (χ3n) is 6.80. The average Bonchev–Trinajstić information content (AvgIpc) is 3.84. The third-order valence-corrected chi connectivity index (χ3v) is 6.80. The molecule has 37 heavy (non-hydrogen) atoms. The summed E-state index contributed by atoms with van der Waals surface area (Å²) >= 11 is 0. The fourth-order valence-electron chi connectivity index (χ4n) is 4.42. The Kier molecular flexibility index (Phi) is 7.23. The van der Waals surface area contributed by atoms with Gasteiger partial charge in [0, 0.05) is 42.7 Å². The Morgan fingerprint density at radius 2 is 2.00 bits per heavy atom. The van der Waals surface area contributed by atoms with Crippen LogP contribution in [-0.4, -0.2) is 47.9 Å². The smallest absolute Gasteiger partial charge is 0.297 e. The van der Waals surface area contributed by atoms with Crippen molar-refractivity contribution in [3.63, 3.8) is 0 Å². The molecule has 1 heterocycles. The van der Waals surface area contributed by atoms with Crippen molar-refractivity contribution in [3.05, 3.63) is 81.9 Å². The SMILES string of the molecule is Cc1ccc(C(=O)NC2CC2)cc1-n1ccnc(NC2(c3ccccc3OCCNCCF)CC2)c1=O. The van der Waals surface area contributed by atoms with E-state index in [4.69, 9.17) is 4.74 Å². The number of hydrogen-bond donors (Lipinski definition) is 3. The molecule has 0 spiro atoms. The molecule has 2 aliphatic rings. The lowest BCUT2D eigenvalue weighted by Crippen LogP contribution is -2.30. The molecular weight excluding hydrogens is 473 g/mol. The normalized spacial score (nSPS) is 15.7. The van der Waals surface area contributed by atoms with Gasteiger partial charge >= 0.3 is 0 Å². The van der Waals surface area contributed by atoms with Gasteiger partial charge in [0.1, 0.15) is 19.0 Å². The molecule has 5 rings (SSSR count). The van der Waals surface area contributed by atoms with Gasteiger partial charge in [-0.15, -0.1) is 0 Å². The summed E-state index contributed by atoms with van der Waals surface area (Å²) in [5.74, 6) is 0.848. The van der Waals surface area contributed by atoms with Crippen LogP contribution in [-0.2, 0) is 5.54 Å². The van der Waals surface area contributed by atoms with E-state index in [-0.39, 0.29) is 23.3 Å². The van der Waals surface area contributed by atoms with Crippen LogP contribution in [0.25, 0.3) is 5.69 Å². The Hall–Kier alpha value is -3.72. The topological polar surface area (TPSA) is 97.3 Å². The zero-order valence-electron chi connectivity index (χ0n) is 20.9. The molecule has 8 nitrogen and oxygen atoms in total. The molecule has 0 bridgehead atoms. The minimum atomic E-state index is -0.449. The summed E-state index contributed by atoms with van der Waals surface area (Å²) in [6.07, 6.45) is 6.90. The van der Waals surface area contributed by atoms with Crippen LogP contribution < -0.4 is 26.2 Å². The largest absolute Gasteiger partial charge is 0.492 e. The van der Waals surface area contributed by atoms with Gasteiger partial charge in [-0.2, -0.15) is 0 Å². The van der Waals surface area contributed by atoms with Gasteiger partial charge in [0.05, 0.1) is 11.2 Å². The van der Waals surface area contributed by atoms with E-state index in [2.05, 4.69) is 20.9 Å². The van der Waals surface area contributed by atoms with Gasteiger partial charge in [-0.1, -0.05) is 24.3 Å². The van der Waals surface area contributed by atoms with Gasteiger partial charge in [0.2, 0.25) is 0 Å². The molecule has 2 aromatic carbocycles. The van der Waals surface area contributed by atoms with Crippen molar-refractivity contribution in [2.45, 2.75) is 44.2 Å². The number of alkyl halides is 1. The zero-order valence-corrected chi connectivity index (χ0v) is 20.9. The molecule has 3 aromatic rings. The van der Waals surface area contributed by atoms with E-state index in [0.29, 0.717) is 30.9 Å². The first-order valence-electron chi connectivity index (χ1n) is 12.8. The monoisotopic (exact) mass is 505 g/mol. The molecule has 1 aromatic heterocycles. The van der Waals surface area contributed by atoms with Crippen LogP contribution in [0.1, 0.15) is 47.2 Å². The number of carbonyl (C=O) groups excluding carboxylic acids is 1. The van der Waals surface area contributed by atoms with E-state index in [1.807, 2.05) is 37.3 Å². The Bertz CT molecular complexity index is 1330. The number of carbonyl (C=O) groups is 1. The molecule has 1 amide bonds. The number of anilines is 1. The van der Waals surface area contributed by atoms with E-state index in [1.54, 1.807) is 24.5 Å². The van der Waals surface area contributed by atoms with Crippen LogP contribution >= 0.6 is 0 Å². The average molecular weight is 506 g/mol. The second-order valence-electron chi connectivity index (χ2n) is 9.69.